The molecule has 1 fully saturated rings. The monoisotopic (exact) mass is 232 g/mol. The van der Waals surface area contributed by atoms with Crippen LogP contribution < -0.4 is 10.6 Å². The number of para-hydroxylation sites is 1. The third-order valence-electron chi connectivity index (χ3n) is 3.67. The second-order valence-corrected chi connectivity index (χ2v) is 4.94. The molecule has 94 valence electrons. The van der Waals surface area contributed by atoms with Crippen molar-refractivity contribution in [2.24, 2.45) is 5.92 Å². The van der Waals surface area contributed by atoms with Gasteiger partial charge in [0.05, 0.1) is 0 Å². The summed E-state index contributed by atoms with van der Waals surface area (Å²) >= 11 is 0. The van der Waals surface area contributed by atoms with Gasteiger partial charge in [-0.3, -0.25) is 0 Å². The molecule has 2 rings (SSSR count). The van der Waals surface area contributed by atoms with Crippen LogP contribution in [0.3, 0.4) is 0 Å². The van der Waals surface area contributed by atoms with Crippen LogP contribution in [0.25, 0.3) is 0 Å². The third kappa shape index (κ3) is 3.74. The summed E-state index contributed by atoms with van der Waals surface area (Å²) in [6, 6.07) is 8.67. The van der Waals surface area contributed by atoms with Crippen LogP contribution in [0.1, 0.15) is 31.7 Å². The zero-order chi connectivity index (χ0) is 11.9. The van der Waals surface area contributed by atoms with Gasteiger partial charge in [0.25, 0.3) is 0 Å². The number of rotatable bonds is 4. The maximum absolute atomic E-state index is 3.63. The first-order chi connectivity index (χ1) is 8.40. The third-order valence-corrected chi connectivity index (χ3v) is 3.67. The Labute approximate surface area is 105 Å². The van der Waals surface area contributed by atoms with Crippen molar-refractivity contribution in [1.29, 1.82) is 0 Å². The molecule has 0 radical (unpaired) electrons. The smallest absolute Gasteiger partial charge is 0.0372 e. The Kier molecular flexibility index (Phi) is 4.87. The van der Waals surface area contributed by atoms with Gasteiger partial charge >= 0.3 is 0 Å². The van der Waals surface area contributed by atoms with E-state index in [9.17, 15) is 0 Å². The van der Waals surface area contributed by atoms with Gasteiger partial charge in [0.1, 0.15) is 0 Å². The van der Waals surface area contributed by atoms with E-state index in [2.05, 4.69) is 41.8 Å². The van der Waals surface area contributed by atoms with E-state index in [-0.39, 0.29) is 0 Å². The van der Waals surface area contributed by atoms with Gasteiger partial charge in [0.15, 0.2) is 0 Å². The lowest BCUT2D eigenvalue weighted by Gasteiger charge is -2.17. The molecule has 2 nitrogen and oxygen atoms in total. The second-order valence-electron chi connectivity index (χ2n) is 4.94. The largest absolute Gasteiger partial charge is 0.385 e. The number of aryl methyl sites for hydroxylation is 1. The highest BCUT2D eigenvalue weighted by Crippen LogP contribution is 2.18. The van der Waals surface area contributed by atoms with E-state index in [0.717, 1.165) is 18.9 Å². The predicted molar refractivity (Wildman–Crippen MR) is 74.5 cm³/mol. The average Bonchev–Trinajstić information content (AvgIpc) is 2.65. The van der Waals surface area contributed by atoms with Crippen molar-refractivity contribution in [3.8, 4) is 0 Å². The maximum atomic E-state index is 3.63. The van der Waals surface area contributed by atoms with Gasteiger partial charge < -0.3 is 10.6 Å². The van der Waals surface area contributed by atoms with E-state index >= 15 is 0 Å². The summed E-state index contributed by atoms with van der Waals surface area (Å²) in [5.74, 6) is 0.829. The molecule has 0 bridgehead atoms. The van der Waals surface area contributed by atoms with E-state index < -0.39 is 0 Å². The summed E-state index contributed by atoms with van der Waals surface area (Å²) in [4.78, 5) is 0. The van der Waals surface area contributed by atoms with E-state index in [4.69, 9.17) is 0 Å². The minimum Gasteiger partial charge on any atom is -0.385 e. The van der Waals surface area contributed by atoms with Crippen molar-refractivity contribution >= 4 is 5.69 Å². The fourth-order valence-corrected chi connectivity index (χ4v) is 2.55. The summed E-state index contributed by atoms with van der Waals surface area (Å²) in [5, 5.41) is 7.10. The molecule has 17 heavy (non-hydrogen) atoms. The van der Waals surface area contributed by atoms with E-state index in [1.807, 2.05) is 0 Å². The van der Waals surface area contributed by atoms with Crippen LogP contribution >= 0.6 is 0 Å². The van der Waals surface area contributed by atoms with Crippen LogP contribution in [-0.4, -0.2) is 19.6 Å². The molecular formula is C15H24N2. The van der Waals surface area contributed by atoms with Crippen molar-refractivity contribution in [3.05, 3.63) is 29.8 Å². The Morgan fingerprint density at radius 2 is 2.12 bits per heavy atom. The molecule has 0 aliphatic carbocycles. The van der Waals surface area contributed by atoms with Crippen molar-refractivity contribution < 1.29 is 0 Å². The summed E-state index contributed by atoms with van der Waals surface area (Å²) in [5.41, 5.74) is 2.76. The Balaban J connectivity index is 1.87. The maximum Gasteiger partial charge on any atom is 0.0372 e. The van der Waals surface area contributed by atoms with Gasteiger partial charge in [0.2, 0.25) is 0 Å². The zero-order valence-electron chi connectivity index (χ0n) is 10.8. The summed E-state index contributed by atoms with van der Waals surface area (Å²) in [6.45, 7) is 5.72. The van der Waals surface area contributed by atoms with Crippen molar-refractivity contribution in [2.75, 3.05) is 25.0 Å². The summed E-state index contributed by atoms with van der Waals surface area (Å²) in [6.07, 6.45) is 5.09. The van der Waals surface area contributed by atoms with Crippen LogP contribution in [0.5, 0.6) is 0 Å². The highest BCUT2D eigenvalue weighted by Gasteiger charge is 2.11. The van der Waals surface area contributed by atoms with Gasteiger partial charge in [-0.15, -0.1) is 0 Å². The quantitative estimate of drug-likeness (QED) is 0.833. The number of hydrogen-bond acceptors (Lipinski definition) is 2. The molecule has 1 aliphatic heterocycles. The molecule has 0 aromatic heterocycles. The molecule has 1 aromatic carbocycles. The lowest BCUT2D eigenvalue weighted by Crippen LogP contribution is -2.17. The molecule has 1 heterocycles. The normalized spacial score (nSPS) is 20.9. The molecule has 1 unspecified atom stereocenters. The zero-order valence-corrected chi connectivity index (χ0v) is 10.8. The summed E-state index contributed by atoms with van der Waals surface area (Å²) < 4.78 is 0. The molecule has 0 saturated carbocycles. The molecule has 2 N–H and O–H groups in total. The minimum absolute atomic E-state index is 0.829. The lowest BCUT2D eigenvalue weighted by atomic mass is 10.0. The second kappa shape index (κ2) is 6.65. The van der Waals surface area contributed by atoms with Crippen molar-refractivity contribution in [3.63, 3.8) is 0 Å². The number of benzene rings is 1. The van der Waals surface area contributed by atoms with E-state index in [1.165, 1.54) is 43.6 Å². The Hall–Kier alpha value is -1.02. The minimum atomic E-state index is 0.829. The Morgan fingerprint density at radius 1 is 1.24 bits per heavy atom. The van der Waals surface area contributed by atoms with Crippen LogP contribution in [0.4, 0.5) is 5.69 Å². The van der Waals surface area contributed by atoms with Gasteiger partial charge in [-0.2, -0.15) is 0 Å². The number of anilines is 1. The molecular weight excluding hydrogens is 208 g/mol. The van der Waals surface area contributed by atoms with Gasteiger partial charge in [-0.1, -0.05) is 25.1 Å². The fraction of sp³-hybridized carbons (Fsp3) is 0.600. The van der Waals surface area contributed by atoms with Crippen LogP contribution in [0, 0.1) is 5.92 Å². The molecule has 1 atom stereocenters. The first-order valence-corrected chi connectivity index (χ1v) is 6.92. The van der Waals surface area contributed by atoms with Crippen LogP contribution in [0.2, 0.25) is 0 Å². The fourth-order valence-electron chi connectivity index (χ4n) is 2.55. The van der Waals surface area contributed by atoms with Crippen molar-refractivity contribution in [2.45, 2.75) is 32.6 Å². The van der Waals surface area contributed by atoms with E-state index in [0.29, 0.717) is 0 Å². The predicted octanol–water partition coefficient (Wildman–Crippen LogP) is 3.05. The molecule has 1 aliphatic rings. The Morgan fingerprint density at radius 3 is 3.00 bits per heavy atom. The SMILES string of the molecule is CCc1ccccc1NCC1CCCNCC1. The van der Waals surface area contributed by atoms with Crippen LogP contribution in [0.15, 0.2) is 24.3 Å². The standard InChI is InChI=1S/C15H24N2/c1-2-14-7-3-4-8-15(14)17-12-13-6-5-10-16-11-9-13/h3-4,7-8,13,16-17H,2,5-6,9-12H2,1H3. The summed E-state index contributed by atoms with van der Waals surface area (Å²) in [7, 11) is 0. The molecule has 0 amide bonds. The number of nitrogens with one attached hydrogen (secondary N) is 2. The van der Waals surface area contributed by atoms with Crippen LogP contribution in [-0.2, 0) is 6.42 Å². The first kappa shape index (κ1) is 12.4. The van der Waals surface area contributed by atoms with Gasteiger partial charge in [0, 0.05) is 12.2 Å². The number of hydrogen-bond donors (Lipinski definition) is 2. The van der Waals surface area contributed by atoms with Crippen molar-refractivity contribution in [1.82, 2.24) is 5.32 Å². The molecule has 2 heteroatoms. The highest BCUT2D eigenvalue weighted by atomic mass is 14.9. The molecule has 1 aromatic rings. The topological polar surface area (TPSA) is 24.1 Å². The lowest BCUT2D eigenvalue weighted by molar-refractivity contribution is 0.496. The van der Waals surface area contributed by atoms with Gasteiger partial charge in [-0.25, -0.2) is 0 Å². The Bertz CT molecular complexity index is 327. The van der Waals surface area contributed by atoms with Gasteiger partial charge in [-0.05, 0) is 56.3 Å². The first-order valence-electron chi connectivity index (χ1n) is 6.92. The highest BCUT2D eigenvalue weighted by molar-refractivity contribution is 5.51. The molecule has 0 spiro atoms. The average molecular weight is 232 g/mol. The molecule has 1 saturated heterocycles. The van der Waals surface area contributed by atoms with E-state index in [1.54, 1.807) is 0 Å².